The van der Waals surface area contributed by atoms with Gasteiger partial charge in [0.2, 0.25) is 0 Å². The highest BCUT2D eigenvalue weighted by Gasteiger charge is 2.23. The Bertz CT molecular complexity index is 540. The standard InChI is InChI=1S/C14H19Cl2N3O3S/c1-2-23-4-3-11(17)12(20)14(22)19-18-13(21)8-5-9(15)7-10(16)6-8/h5-7,11-12,20H,2-4,17H2,1H3,(H,18,21)(H,19,22)/t11-,12?/m1/s1. The van der Waals surface area contributed by atoms with Crippen molar-refractivity contribution in [2.45, 2.75) is 25.5 Å². The van der Waals surface area contributed by atoms with Gasteiger partial charge in [0.05, 0.1) is 0 Å². The highest BCUT2D eigenvalue weighted by atomic mass is 35.5. The van der Waals surface area contributed by atoms with Gasteiger partial charge in [0.15, 0.2) is 0 Å². The number of hydrogen-bond acceptors (Lipinski definition) is 5. The number of aliphatic hydroxyl groups excluding tert-OH is 1. The monoisotopic (exact) mass is 379 g/mol. The maximum absolute atomic E-state index is 11.9. The molecular weight excluding hydrogens is 361 g/mol. The van der Waals surface area contributed by atoms with E-state index in [1.165, 1.54) is 18.2 Å². The van der Waals surface area contributed by atoms with Gasteiger partial charge in [-0.3, -0.25) is 20.4 Å². The third-order valence-corrected chi connectivity index (χ3v) is 4.27. The van der Waals surface area contributed by atoms with E-state index in [-0.39, 0.29) is 5.56 Å². The molecule has 0 spiro atoms. The maximum atomic E-state index is 11.9. The van der Waals surface area contributed by atoms with Gasteiger partial charge in [-0.15, -0.1) is 0 Å². The Morgan fingerprint density at radius 1 is 1.26 bits per heavy atom. The van der Waals surface area contributed by atoms with Crippen molar-refractivity contribution in [2.24, 2.45) is 5.73 Å². The fourth-order valence-electron chi connectivity index (χ4n) is 1.67. The molecule has 6 nitrogen and oxygen atoms in total. The predicted molar refractivity (Wildman–Crippen MR) is 93.7 cm³/mol. The van der Waals surface area contributed by atoms with Crippen LogP contribution in [0.15, 0.2) is 18.2 Å². The van der Waals surface area contributed by atoms with Gasteiger partial charge in [-0.1, -0.05) is 30.1 Å². The lowest BCUT2D eigenvalue weighted by atomic mass is 10.1. The van der Waals surface area contributed by atoms with E-state index in [1.54, 1.807) is 11.8 Å². The minimum absolute atomic E-state index is 0.181. The van der Waals surface area contributed by atoms with E-state index in [0.717, 1.165) is 11.5 Å². The van der Waals surface area contributed by atoms with Crippen LogP contribution in [0.2, 0.25) is 10.0 Å². The van der Waals surface area contributed by atoms with Gasteiger partial charge in [0.25, 0.3) is 11.8 Å². The Hall–Kier alpha value is -0.990. The highest BCUT2D eigenvalue weighted by Crippen LogP contribution is 2.18. The van der Waals surface area contributed by atoms with Crippen molar-refractivity contribution in [3.05, 3.63) is 33.8 Å². The number of rotatable bonds is 7. The zero-order valence-electron chi connectivity index (χ0n) is 12.5. The van der Waals surface area contributed by atoms with Crippen LogP contribution in [0, 0.1) is 0 Å². The first-order chi connectivity index (χ1) is 10.8. The summed E-state index contributed by atoms with van der Waals surface area (Å²) in [4.78, 5) is 23.7. The molecule has 0 bridgehead atoms. The molecule has 1 rings (SSSR count). The summed E-state index contributed by atoms with van der Waals surface area (Å²) in [6, 6.07) is 3.58. The fraction of sp³-hybridized carbons (Fsp3) is 0.429. The Balaban J connectivity index is 2.49. The Labute approximate surface area is 149 Å². The summed E-state index contributed by atoms with van der Waals surface area (Å²) in [5.74, 6) is 0.299. The molecule has 1 aromatic rings. The quantitative estimate of drug-likeness (QED) is 0.425. The number of hydrazine groups is 1. The summed E-state index contributed by atoms with van der Waals surface area (Å²) in [6.07, 6.45) is -0.916. The topological polar surface area (TPSA) is 104 Å². The van der Waals surface area contributed by atoms with E-state index < -0.39 is 24.0 Å². The van der Waals surface area contributed by atoms with Gasteiger partial charge in [-0.2, -0.15) is 11.8 Å². The zero-order valence-corrected chi connectivity index (χ0v) is 14.8. The lowest BCUT2D eigenvalue weighted by Crippen LogP contribution is -2.52. The molecule has 0 aliphatic heterocycles. The molecule has 0 saturated carbocycles. The van der Waals surface area contributed by atoms with E-state index >= 15 is 0 Å². The van der Waals surface area contributed by atoms with Crippen LogP contribution < -0.4 is 16.6 Å². The summed E-state index contributed by atoms with van der Waals surface area (Å²) in [7, 11) is 0. The van der Waals surface area contributed by atoms with Crippen molar-refractivity contribution in [3.8, 4) is 0 Å². The first-order valence-corrected chi connectivity index (χ1v) is 8.84. The molecular formula is C14H19Cl2N3O3S. The van der Waals surface area contributed by atoms with Gasteiger partial charge in [0.1, 0.15) is 6.10 Å². The summed E-state index contributed by atoms with van der Waals surface area (Å²) in [5, 5.41) is 10.4. The van der Waals surface area contributed by atoms with Crippen molar-refractivity contribution in [2.75, 3.05) is 11.5 Å². The average Bonchev–Trinajstić information content (AvgIpc) is 2.50. The largest absolute Gasteiger partial charge is 0.382 e. The molecule has 0 radical (unpaired) electrons. The van der Waals surface area contributed by atoms with E-state index in [4.69, 9.17) is 28.9 Å². The lowest BCUT2D eigenvalue weighted by molar-refractivity contribution is -0.131. The molecule has 128 valence electrons. The van der Waals surface area contributed by atoms with Crippen LogP contribution in [0.1, 0.15) is 23.7 Å². The minimum Gasteiger partial charge on any atom is -0.382 e. The van der Waals surface area contributed by atoms with Gasteiger partial charge in [-0.05, 0) is 36.1 Å². The molecule has 0 aromatic heterocycles. The second-order valence-electron chi connectivity index (χ2n) is 4.70. The number of amides is 2. The summed E-state index contributed by atoms with van der Waals surface area (Å²) in [5.41, 5.74) is 10.2. The number of carbonyl (C=O) groups excluding carboxylic acids is 2. The molecule has 0 aliphatic rings. The zero-order chi connectivity index (χ0) is 17.4. The molecule has 5 N–H and O–H groups in total. The number of nitrogens with two attached hydrogens (primary N) is 1. The molecule has 1 aromatic carbocycles. The van der Waals surface area contributed by atoms with Gasteiger partial charge < -0.3 is 10.8 Å². The Kier molecular flexibility index (Phi) is 8.72. The third-order valence-electron chi connectivity index (χ3n) is 2.90. The number of aliphatic hydroxyl groups is 1. The molecule has 2 amide bonds. The number of halogens is 2. The second kappa shape index (κ2) is 10.00. The second-order valence-corrected chi connectivity index (χ2v) is 6.96. The normalized spacial score (nSPS) is 13.3. The van der Waals surface area contributed by atoms with E-state index in [1.807, 2.05) is 6.92 Å². The number of carbonyl (C=O) groups is 2. The van der Waals surface area contributed by atoms with Crippen LogP contribution in [0.25, 0.3) is 0 Å². The number of thioether (sulfide) groups is 1. The fourth-order valence-corrected chi connectivity index (χ4v) is 2.92. The van der Waals surface area contributed by atoms with E-state index in [9.17, 15) is 14.7 Å². The molecule has 0 heterocycles. The number of benzene rings is 1. The summed E-state index contributed by atoms with van der Waals surface area (Å²) < 4.78 is 0. The molecule has 0 saturated heterocycles. The van der Waals surface area contributed by atoms with Crippen molar-refractivity contribution in [1.82, 2.24) is 10.9 Å². The SMILES string of the molecule is CCSCC[C@@H](N)C(O)C(=O)NNC(=O)c1cc(Cl)cc(Cl)c1. The van der Waals surface area contributed by atoms with Crippen LogP contribution in [0.4, 0.5) is 0 Å². The number of hydrogen-bond donors (Lipinski definition) is 4. The molecule has 1 unspecified atom stereocenters. The molecule has 23 heavy (non-hydrogen) atoms. The maximum Gasteiger partial charge on any atom is 0.269 e. The predicted octanol–water partition coefficient (Wildman–Crippen LogP) is 1.59. The minimum atomic E-state index is -1.41. The Morgan fingerprint density at radius 2 is 1.87 bits per heavy atom. The highest BCUT2D eigenvalue weighted by molar-refractivity contribution is 7.99. The molecule has 0 fully saturated rings. The van der Waals surface area contributed by atoms with Crippen molar-refractivity contribution >= 4 is 46.8 Å². The Morgan fingerprint density at radius 3 is 2.43 bits per heavy atom. The van der Waals surface area contributed by atoms with Gasteiger partial charge in [-0.25, -0.2) is 0 Å². The molecule has 0 aliphatic carbocycles. The van der Waals surface area contributed by atoms with E-state index in [2.05, 4.69) is 10.9 Å². The smallest absolute Gasteiger partial charge is 0.269 e. The van der Waals surface area contributed by atoms with Crippen molar-refractivity contribution in [3.63, 3.8) is 0 Å². The van der Waals surface area contributed by atoms with Crippen LogP contribution in [0.3, 0.4) is 0 Å². The van der Waals surface area contributed by atoms with Crippen LogP contribution >= 0.6 is 35.0 Å². The van der Waals surface area contributed by atoms with Gasteiger partial charge >= 0.3 is 0 Å². The molecule has 9 heteroatoms. The average molecular weight is 380 g/mol. The third kappa shape index (κ3) is 6.97. The molecule has 2 atom stereocenters. The van der Waals surface area contributed by atoms with E-state index in [0.29, 0.717) is 16.5 Å². The van der Waals surface area contributed by atoms with Crippen LogP contribution in [0.5, 0.6) is 0 Å². The van der Waals surface area contributed by atoms with Crippen LogP contribution in [-0.2, 0) is 4.79 Å². The van der Waals surface area contributed by atoms with Crippen molar-refractivity contribution in [1.29, 1.82) is 0 Å². The summed E-state index contributed by atoms with van der Waals surface area (Å²) in [6.45, 7) is 2.01. The lowest BCUT2D eigenvalue weighted by Gasteiger charge is -2.18. The summed E-state index contributed by atoms with van der Waals surface area (Å²) >= 11 is 13.3. The van der Waals surface area contributed by atoms with Crippen LogP contribution in [-0.4, -0.2) is 40.6 Å². The first-order valence-electron chi connectivity index (χ1n) is 6.92. The number of nitrogens with one attached hydrogen (secondary N) is 2. The van der Waals surface area contributed by atoms with Gasteiger partial charge in [0, 0.05) is 21.7 Å². The van der Waals surface area contributed by atoms with Crippen molar-refractivity contribution < 1.29 is 14.7 Å². The first kappa shape index (κ1) is 20.1.